The number of amides is 1. The van der Waals surface area contributed by atoms with Gasteiger partial charge in [0.15, 0.2) is 6.61 Å². The number of esters is 1. The number of nitrogens with one attached hydrogen (secondary N) is 1. The third-order valence-corrected chi connectivity index (χ3v) is 5.72. The van der Waals surface area contributed by atoms with Crippen LogP contribution in [0.15, 0.2) is 54.6 Å². The predicted octanol–water partition coefficient (Wildman–Crippen LogP) is 3.83. The third kappa shape index (κ3) is 6.91. The first-order valence-electron chi connectivity index (χ1n) is 11.0. The van der Waals surface area contributed by atoms with Crippen molar-refractivity contribution in [2.75, 3.05) is 38.2 Å². The minimum Gasteiger partial charge on any atom is -0.455 e. The molecule has 2 atom stereocenters. The standard InChI is InChI=1S/C25H32N2O4/c1-3-19(2)24(21-7-5-4-6-8-21)25(29)31-18-23(28)26-22-11-9-20(10-12-22)17-27-13-15-30-16-14-27/h4-12,19,24H,3,13-18H2,1-2H3,(H,26,28). The van der Waals surface area contributed by atoms with Crippen molar-refractivity contribution in [1.82, 2.24) is 4.90 Å². The lowest BCUT2D eigenvalue weighted by Gasteiger charge is -2.26. The van der Waals surface area contributed by atoms with E-state index in [1.807, 2.05) is 68.4 Å². The number of rotatable bonds is 9. The lowest BCUT2D eigenvalue weighted by atomic mass is 9.86. The maximum atomic E-state index is 12.7. The molecule has 0 bridgehead atoms. The summed E-state index contributed by atoms with van der Waals surface area (Å²) in [7, 11) is 0. The average molecular weight is 425 g/mol. The minimum atomic E-state index is -0.376. The van der Waals surface area contributed by atoms with Crippen LogP contribution < -0.4 is 5.32 Å². The number of nitrogens with zero attached hydrogens (tertiary/aromatic N) is 1. The number of ether oxygens (including phenoxy) is 2. The monoisotopic (exact) mass is 424 g/mol. The van der Waals surface area contributed by atoms with Crippen LogP contribution in [-0.2, 0) is 25.6 Å². The Kier molecular flexibility index (Phi) is 8.62. The Hall–Kier alpha value is -2.70. The fraction of sp³-hybridized carbons (Fsp3) is 0.440. The predicted molar refractivity (Wildman–Crippen MR) is 121 cm³/mol. The van der Waals surface area contributed by atoms with E-state index in [0.29, 0.717) is 5.69 Å². The Balaban J connectivity index is 1.50. The molecule has 2 aromatic rings. The molecule has 1 fully saturated rings. The first-order valence-corrected chi connectivity index (χ1v) is 11.0. The minimum absolute atomic E-state index is 0.122. The summed E-state index contributed by atoms with van der Waals surface area (Å²) in [6.45, 7) is 8.06. The van der Waals surface area contributed by atoms with Gasteiger partial charge >= 0.3 is 5.97 Å². The molecule has 1 N–H and O–H groups in total. The van der Waals surface area contributed by atoms with E-state index in [-0.39, 0.29) is 30.3 Å². The van der Waals surface area contributed by atoms with Crippen molar-refractivity contribution < 1.29 is 19.1 Å². The Morgan fingerprint density at radius 3 is 2.39 bits per heavy atom. The molecule has 6 nitrogen and oxygen atoms in total. The van der Waals surface area contributed by atoms with Crippen molar-refractivity contribution in [1.29, 1.82) is 0 Å². The van der Waals surface area contributed by atoms with Crippen LogP contribution in [0.2, 0.25) is 0 Å². The number of carbonyl (C=O) groups is 2. The highest BCUT2D eigenvalue weighted by atomic mass is 16.5. The summed E-state index contributed by atoms with van der Waals surface area (Å²) in [6, 6.07) is 17.4. The summed E-state index contributed by atoms with van der Waals surface area (Å²) in [4.78, 5) is 27.4. The first kappa shape index (κ1) is 23.0. The second kappa shape index (κ2) is 11.6. The molecule has 1 amide bonds. The molecule has 166 valence electrons. The summed E-state index contributed by atoms with van der Waals surface area (Å²) < 4.78 is 10.7. The maximum Gasteiger partial charge on any atom is 0.314 e. The van der Waals surface area contributed by atoms with Gasteiger partial charge in [0, 0.05) is 25.3 Å². The lowest BCUT2D eigenvalue weighted by molar-refractivity contribution is -0.150. The molecule has 2 unspecified atom stereocenters. The smallest absolute Gasteiger partial charge is 0.314 e. The van der Waals surface area contributed by atoms with E-state index in [2.05, 4.69) is 10.2 Å². The van der Waals surface area contributed by atoms with Crippen LogP contribution in [0.4, 0.5) is 5.69 Å². The topological polar surface area (TPSA) is 67.9 Å². The van der Waals surface area contributed by atoms with Gasteiger partial charge in [0.05, 0.1) is 19.1 Å². The van der Waals surface area contributed by atoms with Crippen molar-refractivity contribution in [2.24, 2.45) is 5.92 Å². The summed E-state index contributed by atoms with van der Waals surface area (Å²) in [5, 5.41) is 2.80. The van der Waals surface area contributed by atoms with Gasteiger partial charge in [0.25, 0.3) is 5.91 Å². The molecular formula is C25H32N2O4. The molecule has 0 saturated carbocycles. The highest BCUT2D eigenvalue weighted by Gasteiger charge is 2.27. The van der Waals surface area contributed by atoms with Gasteiger partial charge in [0.2, 0.25) is 0 Å². The van der Waals surface area contributed by atoms with Crippen LogP contribution in [0.1, 0.15) is 37.3 Å². The van der Waals surface area contributed by atoms with Gasteiger partial charge in [-0.1, -0.05) is 62.7 Å². The molecule has 3 rings (SSSR count). The molecule has 1 heterocycles. The molecule has 1 saturated heterocycles. The molecule has 31 heavy (non-hydrogen) atoms. The lowest BCUT2D eigenvalue weighted by Crippen LogP contribution is -2.35. The number of benzene rings is 2. The van der Waals surface area contributed by atoms with Gasteiger partial charge in [-0.15, -0.1) is 0 Å². The molecule has 0 radical (unpaired) electrons. The van der Waals surface area contributed by atoms with Crippen LogP contribution in [0.5, 0.6) is 0 Å². The van der Waals surface area contributed by atoms with Gasteiger partial charge < -0.3 is 14.8 Å². The highest BCUT2D eigenvalue weighted by molar-refractivity contribution is 5.93. The van der Waals surface area contributed by atoms with Crippen LogP contribution >= 0.6 is 0 Å². The quantitative estimate of drug-likeness (QED) is 0.620. The third-order valence-electron chi connectivity index (χ3n) is 5.72. The fourth-order valence-electron chi connectivity index (χ4n) is 3.73. The number of morpholine rings is 1. The summed E-state index contributed by atoms with van der Waals surface area (Å²) in [6.07, 6.45) is 0.845. The van der Waals surface area contributed by atoms with Gasteiger partial charge in [-0.25, -0.2) is 0 Å². The van der Waals surface area contributed by atoms with E-state index in [0.717, 1.165) is 44.8 Å². The fourth-order valence-corrected chi connectivity index (χ4v) is 3.73. The molecule has 2 aromatic carbocycles. The Labute approximate surface area is 184 Å². The zero-order valence-electron chi connectivity index (χ0n) is 18.4. The second-order valence-electron chi connectivity index (χ2n) is 8.02. The molecule has 1 aliphatic rings. The molecule has 1 aliphatic heterocycles. The van der Waals surface area contributed by atoms with Crippen LogP contribution in [0.3, 0.4) is 0 Å². The van der Waals surface area contributed by atoms with Gasteiger partial charge in [-0.05, 0) is 29.2 Å². The van der Waals surface area contributed by atoms with E-state index >= 15 is 0 Å². The first-order chi connectivity index (χ1) is 15.1. The van der Waals surface area contributed by atoms with Crippen molar-refractivity contribution in [2.45, 2.75) is 32.7 Å². The van der Waals surface area contributed by atoms with Crippen LogP contribution in [0.25, 0.3) is 0 Å². The van der Waals surface area contributed by atoms with E-state index in [1.165, 1.54) is 5.56 Å². The zero-order valence-corrected chi connectivity index (χ0v) is 18.4. The highest BCUT2D eigenvalue weighted by Crippen LogP contribution is 2.28. The average Bonchev–Trinajstić information content (AvgIpc) is 2.80. The Morgan fingerprint density at radius 2 is 1.74 bits per heavy atom. The molecular weight excluding hydrogens is 392 g/mol. The van der Waals surface area contributed by atoms with Crippen LogP contribution in [-0.4, -0.2) is 49.7 Å². The number of hydrogen-bond acceptors (Lipinski definition) is 5. The maximum absolute atomic E-state index is 12.7. The Bertz CT molecular complexity index is 832. The van der Waals surface area contributed by atoms with Crippen molar-refractivity contribution in [3.05, 3.63) is 65.7 Å². The molecule has 0 spiro atoms. The number of hydrogen-bond donors (Lipinski definition) is 1. The molecule has 0 aromatic heterocycles. The van der Waals surface area contributed by atoms with Crippen molar-refractivity contribution in [3.8, 4) is 0 Å². The SMILES string of the molecule is CCC(C)C(C(=O)OCC(=O)Nc1ccc(CN2CCOCC2)cc1)c1ccccc1. The van der Waals surface area contributed by atoms with E-state index in [9.17, 15) is 9.59 Å². The molecule has 0 aliphatic carbocycles. The van der Waals surface area contributed by atoms with E-state index in [4.69, 9.17) is 9.47 Å². The summed E-state index contributed by atoms with van der Waals surface area (Å²) >= 11 is 0. The summed E-state index contributed by atoms with van der Waals surface area (Å²) in [5.74, 6) is -0.961. The Morgan fingerprint density at radius 1 is 1.06 bits per heavy atom. The zero-order chi connectivity index (χ0) is 22.1. The van der Waals surface area contributed by atoms with Crippen molar-refractivity contribution in [3.63, 3.8) is 0 Å². The van der Waals surface area contributed by atoms with Crippen LogP contribution in [0, 0.1) is 5.92 Å². The van der Waals surface area contributed by atoms with Gasteiger partial charge in [-0.3, -0.25) is 14.5 Å². The normalized spacial score (nSPS) is 16.3. The molecule has 6 heteroatoms. The number of anilines is 1. The van der Waals surface area contributed by atoms with E-state index in [1.54, 1.807) is 0 Å². The van der Waals surface area contributed by atoms with Gasteiger partial charge in [-0.2, -0.15) is 0 Å². The second-order valence-corrected chi connectivity index (χ2v) is 8.02. The van der Waals surface area contributed by atoms with Gasteiger partial charge in [0.1, 0.15) is 0 Å². The summed E-state index contributed by atoms with van der Waals surface area (Å²) in [5.41, 5.74) is 2.79. The van der Waals surface area contributed by atoms with E-state index < -0.39 is 0 Å². The largest absolute Gasteiger partial charge is 0.455 e. The number of carbonyl (C=O) groups excluding carboxylic acids is 2. The van der Waals surface area contributed by atoms with Crippen molar-refractivity contribution >= 4 is 17.6 Å².